The van der Waals surface area contributed by atoms with Crippen LogP contribution in [0.2, 0.25) is 0 Å². The van der Waals surface area contributed by atoms with E-state index in [1.54, 1.807) is 13.2 Å². The number of rotatable bonds is 8. The van der Waals surface area contributed by atoms with Gasteiger partial charge >= 0.3 is 0 Å². The van der Waals surface area contributed by atoms with E-state index in [1.807, 2.05) is 0 Å². The van der Waals surface area contributed by atoms with Gasteiger partial charge in [-0.3, -0.25) is 4.79 Å². The van der Waals surface area contributed by atoms with Gasteiger partial charge in [0.15, 0.2) is 0 Å². The monoisotopic (exact) mass is 240 g/mol. The Morgan fingerprint density at radius 1 is 1.29 bits per heavy atom. The Morgan fingerprint density at radius 2 is 2.12 bits per heavy atom. The maximum atomic E-state index is 11.4. The van der Waals surface area contributed by atoms with Crippen molar-refractivity contribution >= 4 is 0 Å². The highest BCUT2D eigenvalue weighted by atomic mass is 16.5. The zero-order valence-corrected chi connectivity index (χ0v) is 10.5. The van der Waals surface area contributed by atoms with Gasteiger partial charge in [-0.1, -0.05) is 13.3 Å². The van der Waals surface area contributed by atoms with Crippen molar-refractivity contribution in [2.45, 2.75) is 26.2 Å². The summed E-state index contributed by atoms with van der Waals surface area (Å²) in [7, 11) is 1.64. The second kappa shape index (κ2) is 7.97. The fourth-order valence-electron chi connectivity index (χ4n) is 1.48. The van der Waals surface area contributed by atoms with Gasteiger partial charge in [0.2, 0.25) is 0 Å². The van der Waals surface area contributed by atoms with Gasteiger partial charge in [-0.15, -0.1) is 0 Å². The van der Waals surface area contributed by atoms with Gasteiger partial charge in [-0.25, -0.2) is 4.98 Å². The maximum Gasteiger partial charge on any atom is 0.251 e. The first kappa shape index (κ1) is 13.9. The Morgan fingerprint density at radius 3 is 2.82 bits per heavy atom. The van der Waals surface area contributed by atoms with Crippen molar-refractivity contribution in [1.82, 2.24) is 9.97 Å². The highest BCUT2D eigenvalue weighted by Gasteiger charge is 2.01. The average Bonchev–Trinajstić information content (AvgIpc) is 2.28. The highest BCUT2D eigenvalue weighted by Crippen LogP contribution is 1.97. The van der Waals surface area contributed by atoms with E-state index in [-0.39, 0.29) is 5.56 Å². The van der Waals surface area contributed by atoms with Crippen LogP contribution >= 0.6 is 0 Å². The molecular formula is C12H20N2O3. The molecule has 1 N–H and O–H groups in total. The number of aromatic amines is 1. The summed E-state index contributed by atoms with van der Waals surface area (Å²) in [5.41, 5.74) is 0.762. The van der Waals surface area contributed by atoms with Gasteiger partial charge in [0.1, 0.15) is 5.82 Å². The molecule has 17 heavy (non-hydrogen) atoms. The summed E-state index contributed by atoms with van der Waals surface area (Å²) >= 11 is 0. The van der Waals surface area contributed by atoms with Crippen LogP contribution < -0.4 is 5.56 Å². The Hall–Kier alpha value is -1.20. The van der Waals surface area contributed by atoms with E-state index < -0.39 is 0 Å². The summed E-state index contributed by atoms with van der Waals surface area (Å²) in [5, 5.41) is 0. The summed E-state index contributed by atoms with van der Waals surface area (Å²) < 4.78 is 10.2. The van der Waals surface area contributed by atoms with Gasteiger partial charge < -0.3 is 14.5 Å². The minimum atomic E-state index is -0.0876. The summed E-state index contributed by atoms with van der Waals surface area (Å²) in [6.07, 6.45) is 2.44. The minimum absolute atomic E-state index is 0.0876. The Bertz CT molecular complexity index is 376. The lowest BCUT2D eigenvalue weighted by Crippen LogP contribution is -2.15. The van der Waals surface area contributed by atoms with E-state index in [0.29, 0.717) is 32.1 Å². The standard InChI is InChI=1S/C12H20N2O3/c1-3-4-10-9-12(15)14-11(13-10)5-6-17-8-7-16-2/h9H,3-8H2,1-2H3,(H,13,14,15). The number of ether oxygens (including phenoxy) is 2. The first-order valence-electron chi connectivity index (χ1n) is 5.92. The molecule has 96 valence electrons. The predicted octanol–water partition coefficient (Wildman–Crippen LogP) is 0.928. The van der Waals surface area contributed by atoms with Crippen molar-refractivity contribution in [1.29, 1.82) is 0 Å². The Balaban J connectivity index is 2.44. The predicted molar refractivity (Wildman–Crippen MR) is 65.3 cm³/mol. The lowest BCUT2D eigenvalue weighted by molar-refractivity contribution is 0.0716. The van der Waals surface area contributed by atoms with Crippen LogP contribution in [-0.4, -0.2) is 36.9 Å². The molecule has 0 aliphatic rings. The zero-order chi connectivity index (χ0) is 12.5. The van der Waals surface area contributed by atoms with Crippen LogP contribution in [0.3, 0.4) is 0 Å². The van der Waals surface area contributed by atoms with Crippen molar-refractivity contribution in [3.63, 3.8) is 0 Å². The van der Waals surface area contributed by atoms with E-state index in [9.17, 15) is 4.79 Å². The molecule has 0 fully saturated rings. The number of aryl methyl sites for hydroxylation is 1. The minimum Gasteiger partial charge on any atom is -0.382 e. The Kier molecular flexibility index (Phi) is 6.50. The first-order valence-corrected chi connectivity index (χ1v) is 5.92. The second-order valence-corrected chi connectivity index (χ2v) is 3.79. The van der Waals surface area contributed by atoms with Gasteiger partial charge in [0.25, 0.3) is 5.56 Å². The van der Waals surface area contributed by atoms with Crippen molar-refractivity contribution in [2.75, 3.05) is 26.9 Å². The van der Waals surface area contributed by atoms with E-state index in [1.165, 1.54) is 0 Å². The van der Waals surface area contributed by atoms with E-state index in [4.69, 9.17) is 9.47 Å². The molecule has 0 bridgehead atoms. The SMILES string of the molecule is CCCc1cc(=O)[nH]c(CCOCCOC)n1. The molecule has 0 aliphatic carbocycles. The number of H-pyrrole nitrogens is 1. The maximum absolute atomic E-state index is 11.4. The number of nitrogens with zero attached hydrogens (tertiary/aromatic N) is 1. The molecule has 0 aliphatic heterocycles. The lowest BCUT2D eigenvalue weighted by Gasteiger charge is -2.04. The van der Waals surface area contributed by atoms with Crippen molar-refractivity contribution in [2.24, 2.45) is 0 Å². The highest BCUT2D eigenvalue weighted by molar-refractivity contribution is 5.03. The number of hydrogen-bond donors (Lipinski definition) is 1. The van der Waals surface area contributed by atoms with E-state index in [0.717, 1.165) is 18.5 Å². The van der Waals surface area contributed by atoms with Crippen LogP contribution in [0.5, 0.6) is 0 Å². The van der Waals surface area contributed by atoms with Crippen LogP contribution in [-0.2, 0) is 22.3 Å². The molecule has 0 atom stereocenters. The van der Waals surface area contributed by atoms with Gasteiger partial charge in [0.05, 0.1) is 19.8 Å². The van der Waals surface area contributed by atoms with Crippen molar-refractivity contribution in [3.05, 3.63) is 27.9 Å². The number of nitrogens with one attached hydrogen (secondary N) is 1. The van der Waals surface area contributed by atoms with Gasteiger partial charge in [-0.05, 0) is 6.42 Å². The number of aromatic nitrogens is 2. The molecule has 1 aromatic heterocycles. The fourth-order valence-corrected chi connectivity index (χ4v) is 1.48. The molecule has 1 heterocycles. The molecular weight excluding hydrogens is 220 g/mol. The average molecular weight is 240 g/mol. The van der Waals surface area contributed by atoms with Gasteiger partial charge in [0, 0.05) is 25.3 Å². The number of hydrogen-bond acceptors (Lipinski definition) is 4. The zero-order valence-electron chi connectivity index (χ0n) is 10.5. The molecule has 1 aromatic rings. The van der Waals surface area contributed by atoms with E-state index in [2.05, 4.69) is 16.9 Å². The summed E-state index contributed by atoms with van der Waals surface area (Å²) in [6.45, 7) is 3.76. The fraction of sp³-hybridized carbons (Fsp3) is 0.667. The third-order valence-electron chi connectivity index (χ3n) is 2.26. The first-order chi connectivity index (χ1) is 8.26. The molecule has 0 unspecified atom stereocenters. The van der Waals surface area contributed by atoms with Crippen LogP contribution in [0.1, 0.15) is 24.9 Å². The lowest BCUT2D eigenvalue weighted by atomic mass is 10.2. The molecule has 0 saturated carbocycles. The third kappa shape index (κ3) is 5.60. The number of methoxy groups -OCH3 is 1. The quantitative estimate of drug-likeness (QED) is 0.686. The van der Waals surface area contributed by atoms with E-state index >= 15 is 0 Å². The third-order valence-corrected chi connectivity index (χ3v) is 2.26. The summed E-state index contributed by atoms with van der Waals surface area (Å²) in [5.74, 6) is 0.693. The van der Waals surface area contributed by atoms with Crippen LogP contribution in [0, 0.1) is 0 Å². The molecule has 0 saturated heterocycles. The van der Waals surface area contributed by atoms with Crippen LogP contribution in [0.4, 0.5) is 0 Å². The molecule has 0 aromatic carbocycles. The topological polar surface area (TPSA) is 64.2 Å². The summed E-state index contributed by atoms with van der Waals surface area (Å²) in [6, 6.07) is 1.55. The van der Waals surface area contributed by atoms with Crippen LogP contribution in [0.25, 0.3) is 0 Å². The molecule has 0 spiro atoms. The molecule has 0 amide bonds. The van der Waals surface area contributed by atoms with Gasteiger partial charge in [-0.2, -0.15) is 0 Å². The van der Waals surface area contributed by atoms with Crippen LogP contribution in [0.15, 0.2) is 10.9 Å². The molecule has 0 radical (unpaired) electrons. The van der Waals surface area contributed by atoms with Crippen molar-refractivity contribution < 1.29 is 9.47 Å². The molecule has 5 nitrogen and oxygen atoms in total. The van der Waals surface area contributed by atoms with Crippen molar-refractivity contribution in [3.8, 4) is 0 Å². The molecule has 5 heteroatoms. The largest absolute Gasteiger partial charge is 0.382 e. The normalized spacial score (nSPS) is 10.7. The summed E-state index contributed by atoms with van der Waals surface area (Å²) in [4.78, 5) is 18.5. The second-order valence-electron chi connectivity index (χ2n) is 3.79. The smallest absolute Gasteiger partial charge is 0.251 e. The Labute approximate surface area is 101 Å². The molecule has 1 rings (SSSR count).